The number of thioether (sulfide) groups is 1. The molecule has 0 radical (unpaired) electrons. The number of rotatable bonds is 8. The molecule has 0 atom stereocenters. The van der Waals surface area contributed by atoms with Gasteiger partial charge in [-0.25, -0.2) is 0 Å². The number of nitrogens with one attached hydrogen (secondary N) is 2. The Bertz CT molecular complexity index is 328. The first-order valence-electron chi connectivity index (χ1n) is 5.72. The molecule has 0 fully saturated rings. The van der Waals surface area contributed by atoms with Crippen LogP contribution in [0, 0.1) is 0 Å². The lowest BCUT2D eigenvalue weighted by Gasteiger charge is -2.04. The third-order valence-corrected chi connectivity index (χ3v) is 3.10. The van der Waals surface area contributed by atoms with Gasteiger partial charge < -0.3 is 10.6 Å². The molecular formula is C12H21Cl2N3OS. The Morgan fingerprint density at radius 2 is 2.11 bits per heavy atom. The van der Waals surface area contributed by atoms with Gasteiger partial charge in [-0.3, -0.25) is 9.78 Å². The number of hydrogen-bond acceptors (Lipinski definition) is 4. The number of halogens is 2. The van der Waals surface area contributed by atoms with Crippen LogP contribution in [-0.2, 0) is 10.5 Å². The summed E-state index contributed by atoms with van der Waals surface area (Å²) >= 11 is 1.59. The van der Waals surface area contributed by atoms with Crippen LogP contribution in [0.4, 0.5) is 0 Å². The van der Waals surface area contributed by atoms with E-state index in [0.29, 0.717) is 5.75 Å². The summed E-state index contributed by atoms with van der Waals surface area (Å²) in [6.07, 6.45) is 2.74. The number of hydrogen-bond donors (Lipinski definition) is 2. The first-order valence-corrected chi connectivity index (χ1v) is 6.87. The SMILES string of the molecule is CNCCCNC(=O)CSCc1ccccn1.Cl.Cl. The van der Waals surface area contributed by atoms with Crippen molar-refractivity contribution in [2.45, 2.75) is 12.2 Å². The number of carbonyl (C=O) groups is 1. The van der Waals surface area contributed by atoms with Crippen LogP contribution in [0.25, 0.3) is 0 Å². The zero-order valence-corrected chi connectivity index (χ0v) is 13.4. The summed E-state index contributed by atoms with van der Waals surface area (Å²) in [4.78, 5) is 15.6. The van der Waals surface area contributed by atoms with Gasteiger partial charge in [-0.15, -0.1) is 36.6 Å². The van der Waals surface area contributed by atoms with Gasteiger partial charge >= 0.3 is 0 Å². The summed E-state index contributed by atoms with van der Waals surface area (Å²) in [6.45, 7) is 1.67. The highest BCUT2D eigenvalue weighted by Gasteiger charge is 2.01. The van der Waals surface area contributed by atoms with Crippen LogP contribution in [0.15, 0.2) is 24.4 Å². The molecule has 1 aromatic heterocycles. The molecule has 1 rings (SSSR count). The van der Waals surface area contributed by atoms with Gasteiger partial charge in [0.1, 0.15) is 0 Å². The van der Waals surface area contributed by atoms with Gasteiger partial charge in [-0.2, -0.15) is 0 Å². The Kier molecular flexibility index (Phi) is 15.3. The van der Waals surface area contributed by atoms with Crippen molar-refractivity contribution in [1.82, 2.24) is 15.6 Å². The lowest BCUT2D eigenvalue weighted by atomic mass is 10.4. The molecule has 110 valence electrons. The van der Waals surface area contributed by atoms with E-state index in [1.807, 2.05) is 25.2 Å². The van der Waals surface area contributed by atoms with E-state index in [9.17, 15) is 4.79 Å². The maximum atomic E-state index is 11.4. The maximum Gasteiger partial charge on any atom is 0.230 e. The average Bonchev–Trinajstić information content (AvgIpc) is 2.36. The monoisotopic (exact) mass is 325 g/mol. The average molecular weight is 326 g/mol. The highest BCUT2D eigenvalue weighted by molar-refractivity contribution is 7.99. The third-order valence-electron chi connectivity index (χ3n) is 2.13. The van der Waals surface area contributed by atoms with Crippen LogP contribution in [0.3, 0.4) is 0 Å². The minimum absolute atomic E-state index is 0. The maximum absolute atomic E-state index is 11.4. The van der Waals surface area contributed by atoms with E-state index >= 15 is 0 Å². The number of carbonyl (C=O) groups excluding carboxylic acids is 1. The van der Waals surface area contributed by atoms with Crippen molar-refractivity contribution in [2.75, 3.05) is 25.9 Å². The van der Waals surface area contributed by atoms with Crippen molar-refractivity contribution in [1.29, 1.82) is 0 Å². The standard InChI is InChI=1S/C12H19N3OS.2ClH/c1-13-6-4-8-15-12(16)10-17-9-11-5-2-3-7-14-11;;/h2-3,5,7,13H,4,6,8-10H2,1H3,(H,15,16);2*1H. The fourth-order valence-corrected chi connectivity index (χ4v) is 2.05. The van der Waals surface area contributed by atoms with Gasteiger partial charge in [0.25, 0.3) is 0 Å². The molecular weight excluding hydrogens is 305 g/mol. The predicted molar refractivity (Wildman–Crippen MR) is 86.4 cm³/mol. The fourth-order valence-electron chi connectivity index (χ4n) is 1.28. The zero-order valence-electron chi connectivity index (χ0n) is 10.9. The molecule has 0 bridgehead atoms. The van der Waals surface area contributed by atoms with E-state index in [0.717, 1.165) is 31.0 Å². The number of nitrogens with zero attached hydrogens (tertiary/aromatic N) is 1. The molecule has 0 spiro atoms. The summed E-state index contributed by atoms with van der Waals surface area (Å²) in [5.74, 6) is 1.38. The molecule has 0 aliphatic rings. The molecule has 0 unspecified atom stereocenters. The smallest absolute Gasteiger partial charge is 0.230 e. The van der Waals surface area contributed by atoms with E-state index in [1.165, 1.54) is 0 Å². The van der Waals surface area contributed by atoms with Gasteiger partial charge in [0, 0.05) is 18.5 Å². The third kappa shape index (κ3) is 11.1. The summed E-state index contributed by atoms with van der Waals surface area (Å²) in [6, 6.07) is 5.82. The van der Waals surface area contributed by atoms with Crippen LogP contribution >= 0.6 is 36.6 Å². The van der Waals surface area contributed by atoms with Gasteiger partial charge in [-0.05, 0) is 32.1 Å². The Hall–Kier alpha value is -0.490. The lowest BCUT2D eigenvalue weighted by molar-refractivity contribution is -0.118. The molecule has 7 heteroatoms. The number of pyridine rings is 1. The van der Waals surface area contributed by atoms with Crippen molar-refractivity contribution in [3.05, 3.63) is 30.1 Å². The molecule has 0 aliphatic heterocycles. The van der Waals surface area contributed by atoms with Crippen LogP contribution in [0.2, 0.25) is 0 Å². The Morgan fingerprint density at radius 3 is 2.74 bits per heavy atom. The summed E-state index contributed by atoms with van der Waals surface area (Å²) in [7, 11) is 1.91. The highest BCUT2D eigenvalue weighted by atomic mass is 35.5. The zero-order chi connectivity index (χ0) is 12.3. The molecule has 0 aliphatic carbocycles. The normalized spacial score (nSPS) is 9.11. The lowest BCUT2D eigenvalue weighted by Crippen LogP contribution is -2.28. The first-order chi connectivity index (χ1) is 8.33. The highest BCUT2D eigenvalue weighted by Crippen LogP contribution is 2.08. The second-order valence-electron chi connectivity index (χ2n) is 3.62. The van der Waals surface area contributed by atoms with Crippen LogP contribution in [-0.4, -0.2) is 36.8 Å². The molecule has 1 heterocycles. The number of aromatic nitrogens is 1. The van der Waals surface area contributed by atoms with Crippen LogP contribution < -0.4 is 10.6 Å². The summed E-state index contributed by atoms with van der Waals surface area (Å²) in [5.41, 5.74) is 1.01. The molecule has 1 aromatic rings. The van der Waals surface area contributed by atoms with Crippen LogP contribution in [0.5, 0.6) is 0 Å². The molecule has 0 saturated heterocycles. The van der Waals surface area contributed by atoms with Gasteiger partial charge in [0.2, 0.25) is 5.91 Å². The van der Waals surface area contributed by atoms with Crippen molar-refractivity contribution in [2.24, 2.45) is 0 Å². The Labute approximate surface area is 131 Å². The predicted octanol–water partition coefficient (Wildman–Crippen LogP) is 1.88. The van der Waals surface area contributed by atoms with Gasteiger partial charge in [-0.1, -0.05) is 6.07 Å². The van der Waals surface area contributed by atoms with Crippen molar-refractivity contribution >= 4 is 42.5 Å². The minimum Gasteiger partial charge on any atom is -0.355 e. The van der Waals surface area contributed by atoms with Crippen LogP contribution in [0.1, 0.15) is 12.1 Å². The summed E-state index contributed by atoms with van der Waals surface area (Å²) < 4.78 is 0. The summed E-state index contributed by atoms with van der Waals surface area (Å²) in [5, 5.41) is 5.92. The molecule has 0 saturated carbocycles. The Balaban J connectivity index is 0. The first kappa shape index (κ1) is 20.8. The topological polar surface area (TPSA) is 54.0 Å². The Morgan fingerprint density at radius 1 is 1.32 bits per heavy atom. The largest absolute Gasteiger partial charge is 0.355 e. The van der Waals surface area contributed by atoms with E-state index in [1.54, 1.807) is 18.0 Å². The molecule has 0 aromatic carbocycles. The molecule has 2 N–H and O–H groups in total. The second-order valence-corrected chi connectivity index (χ2v) is 4.61. The van der Waals surface area contributed by atoms with Gasteiger partial charge in [0.05, 0.1) is 11.4 Å². The van der Waals surface area contributed by atoms with E-state index in [2.05, 4.69) is 15.6 Å². The fraction of sp³-hybridized carbons (Fsp3) is 0.500. The molecule has 19 heavy (non-hydrogen) atoms. The van der Waals surface area contributed by atoms with Crippen molar-refractivity contribution in [3.8, 4) is 0 Å². The van der Waals surface area contributed by atoms with E-state index < -0.39 is 0 Å². The van der Waals surface area contributed by atoms with E-state index in [-0.39, 0.29) is 30.7 Å². The molecule has 1 amide bonds. The van der Waals surface area contributed by atoms with Gasteiger partial charge in [0.15, 0.2) is 0 Å². The van der Waals surface area contributed by atoms with Crippen molar-refractivity contribution < 1.29 is 4.79 Å². The molecule has 4 nitrogen and oxygen atoms in total. The quantitative estimate of drug-likeness (QED) is 0.716. The van der Waals surface area contributed by atoms with Crippen molar-refractivity contribution in [3.63, 3.8) is 0 Å². The minimum atomic E-state index is 0. The number of amides is 1. The van der Waals surface area contributed by atoms with E-state index in [4.69, 9.17) is 0 Å². The second kappa shape index (κ2) is 13.9.